The molecule has 0 atom stereocenters. The van der Waals surface area contributed by atoms with Crippen LogP contribution in [0.2, 0.25) is 0 Å². The van der Waals surface area contributed by atoms with Crippen molar-refractivity contribution in [3.63, 3.8) is 0 Å². The van der Waals surface area contributed by atoms with E-state index >= 15 is 0 Å². The molecule has 0 spiro atoms. The molecule has 0 saturated carbocycles. The number of nitro groups is 1. The molecule has 2 heterocycles. The van der Waals surface area contributed by atoms with E-state index in [4.69, 9.17) is 0 Å². The molecular formula is C15H11N3O3. The summed E-state index contributed by atoms with van der Waals surface area (Å²) in [7, 11) is 0. The Morgan fingerprint density at radius 2 is 2.05 bits per heavy atom. The third kappa shape index (κ3) is 2.27. The number of fused-ring (bicyclic) bond motifs is 1. The number of hydrogen-bond acceptors (Lipinski definition) is 5. The maximum atomic E-state index is 10.8. The molecule has 0 saturated heterocycles. The number of aryl methyl sites for hydroxylation is 1. The fourth-order valence-corrected chi connectivity index (χ4v) is 2.17. The Morgan fingerprint density at radius 3 is 2.81 bits per heavy atom. The monoisotopic (exact) mass is 281 g/mol. The number of pyridine rings is 2. The van der Waals surface area contributed by atoms with Crippen molar-refractivity contribution in [2.45, 2.75) is 6.92 Å². The van der Waals surface area contributed by atoms with Gasteiger partial charge in [-0.05, 0) is 19.1 Å². The van der Waals surface area contributed by atoms with Crippen LogP contribution in [0.4, 0.5) is 5.69 Å². The van der Waals surface area contributed by atoms with Crippen molar-refractivity contribution in [1.82, 2.24) is 9.97 Å². The molecule has 6 nitrogen and oxygen atoms in total. The van der Waals surface area contributed by atoms with Crippen molar-refractivity contribution < 1.29 is 10.0 Å². The SMILES string of the molecule is Cc1ncc(O)c2ccc(-c3cccc([N+](=O)[O-])c3)nc12. The molecule has 6 heteroatoms. The average molecular weight is 281 g/mol. The fourth-order valence-electron chi connectivity index (χ4n) is 2.17. The minimum absolute atomic E-state index is 0.0140. The van der Waals surface area contributed by atoms with Crippen molar-refractivity contribution >= 4 is 16.6 Å². The van der Waals surface area contributed by atoms with Crippen LogP contribution in [0.5, 0.6) is 5.75 Å². The first-order valence-electron chi connectivity index (χ1n) is 6.26. The van der Waals surface area contributed by atoms with Gasteiger partial charge in [-0.2, -0.15) is 0 Å². The molecule has 0 aliphatic heterocycles. The van der Waals surface area contributed by atoms with Crippen LogP contribution in [0.3, 0.4) is 0 Å². The zero-order valence-corrected chi connectivity index (χ0v) is 11.1. The molecule has 1 aromatic carbocycles. The van der Waals surface area contributed by atoms with E-state index in [1.54, 1.807) is 31.2 Å². The fraction of sp³-hybridized carbons (Fsp3) is 0.0667. The highest BCUT2D eigenvalue weighted by molar-refractivity contribution is 5.88. The lowest BCUT2D eigenvalue weighted by molar-refractivity contribution is -0.384. The largest absolute Gasteiger partial charge is 0.506 e. The van der Waals surface area contributed by atoms with Crippen molar-refractivity contribution in [2.75, 3.05) is 0 Å². The van der Waals surface area contributed by atoms with Gasteiger partial charge in [-0.3, -0.25) is 15.1 Å². The van der Waals surface area contributed by atoms with Crippen molar-refractivity contribution in [1.29, 1.82) is 0 Å². The summed E-state index contributed by atoms with van der Waals surface area (Å²) in [5, 5.41) is 21.2. The highest BCUT2D eigenvalue weighted by atomic mass is 16.6. The Hall–Kier alpha value is -3.02. The summed E-state index contributed by atoms with van der Waals surface area (Å²) in [6.45, 7) is 1.80. The van der Waals surface area contributed by atoms with Gasteiger partial charge < -0.3 is 5.11 Å². The number of rotatable bonds is 2. The topological polar surface area (TPSA) is 89.2 Å². The summed E-state index contributed by atoms with van der Waals surface area (Å²) in [4.78, 5) is 18.9. The van der Waals surface area contributed by atoms with Gasteiger partial charge in [0.25, 0.3) is 5.69 Å². The normalized spacial score (nSPS) is 10.7. The quantitative estimate of drug-likeness (QED) is 0.575. The van der Waals surface area contributed by atoms with Crippen molar-refractivity contribution in [2.24, 2.45) is 0 Å². The van der Waals surface area contributed by atoms with Gasteiger partial charge in [-0.15, -0.1) is 0 Å². The van der Waals surface area contributed by atoms with Gasteiger partial charge >= 0.3 is 0 Å². The standard InChI is InChI=1S/C15H11N3O3/c1-9-15-12(14(19)8-16-9)5-6-13(17-15)10-3-2-4-11(7-10)18(20)21/h2-8,19H,1H3. The smallest absolute Gasteiger partial charge is 0.270 e. The Morgan fingerprint density at radius 1 is 1.24 bits per heavy atom. The third-order valence-electron chi connectivity index (χ3n) is 3.25. The lowest BCUT2D eigenvalue weighted by Gasteiger charge is -2.06. The molecule has 3 rings (SSSR count). The Kier molecular flexibility index (Phi) is 2.98. The first kappa shape index (κ1) is 13.0. The maximum Gasteiger partial charge on any atom is 0.270 e. The Balaban J connectivity index is 2.20. The van der Waals surface area contributed by atoms with E-state index in [1.807, 2.05) is 0 Å². The van der Waals surface area contributed by atoms with E-state index in [-0.39, 0.29) is 11.4 Å². The second-order valence-electron chi connectivity index (χ2n) is 4.63. The van der Waals surface area contributed by atoms with E-state index in [9.17, 15) is 15.2 Å². The van der Waals surface area contributed by atoms with Crippen LogP contribution < -0.4 is 0 Å². The minimum Gasteiger partial charge on any atom is -0.506 e. The summed E-state index contributed by atoms with van der Waals surface area (Å²) in [6, 6.07) is 9.74. The predicted molar refractivity (Wildman–Crippen MR) is 78.0 cm³/mol. The summed E-state index contributed by atoms with van der Waals surface area (Å²) in [5.41, 5.74) is 2.53. The molecule has 0 aliphatic carbocycles. The third-order valence-corrected chi connectivity index (χ3v) is 3.25. The molecule has 21 heavy (non-hydrogen) atoms. The summed E-state index contributed by atoms with van der Waals surface area (Å²) < 4.78 is 0. The van der Waals surface area contributed by atoms with Gasteiger partial charge in [0.1, 0.15) is 5.75 Å². The van der Waals surface area contributed by atoms with E-state index in [0.717, 1.165) is 0 Å². The van der Waals surface area contributed by atoms with Gasteiger partial charge in [-0.25, -0.2) is 4.98 Å². The molecule has 0 unspecified atom stereocenters. The van der Waals surface area contributed by atoms with E-state index < -0.39 is 4.92 Å². The van der Waals surface area contributed by atoms with Crippen LogP contribution in [0.25, 0.3) is 22.2 Å². The molecule has 2 aromatic heterocycles. The summed E-state index contributed by atoms with van der Waals surface area (Å²) >= 11 is 0. The first-order chi connectivity index (χ1) is 10.1. The van der Waals surface area contributed by atoms with Crippen LogP contribution in [0.1, 0.15) is 5.69 Å². The lowest BCUT2D eigenvalue weighted by atomic mass is 10.1. The average Bonchev–Trinajstić information content (AvgIpc) is 2.51. The van der Waals surface area contributed by atoms with Gasteiger partial charge in [0.15, 0.2) is 0 Å². The summed E-state index contributed by atoms with van der Waals surface area (Å²) in [5.74, 6) is 0.0636. The second kappa shape index (κ2) is 4.82. The van der Waals surface area contributed by atoms with Crippen molar-refractivity contribution in [3.8, 4) is 17.0 Å². The number of aromatic hydroxyl groups is 1. The molecule has 3 aromatic rings. The van der Waals surface area contributed by atoms with Gasteiger partial charge in [-0.1, -0.05) is 12.1 Å². The van der Waals surface area contributed by atoms with E-state index in [0.29, 0.717) is 27.9 Å². The summed E-state index contributed by atoms with van der Waals surface area (Å²) in [6.07, 6.45) is 1.38. The minimum atomic E-state index is -0.441. The van der Waals surface area contributed by atoms with E-state index in [2.05, 4.69) is 9.97 Å². The Labute approximate surface area is 119 Å². The molecular weight excluding hydrogens is 270 g/mol. The second-order valence-corrected chi connectivity index (χ2v) is 4.63. The van der Waals surface area contributed by atoms with Gasteiger partial charge in [0.2, 0.25) is 0 Å². The molecule has 0 bridgehead atoms. The molecule has 1 N–H and O–H groups in total. The zero-order valence-electron chi connectivity index (χ0n) is 11.1. The van der Waals surface area contributed by atoms with Crippen LogP contribution in [0, 0.1) is 17.0 Å². The molecule has 0 aliphatic rings. The number of aromatic nitrogens is 2. The first-order valence-corrected chi connectivity index (χ1v) is 6.26. The van der Waals surface area contributed by atoms with Crippen LogP contribution in [-0.2, 0) is 0 Å². The molecule has 104 valence electrons. The van der Waals surface area contributed by atoms with Gasteiger partial charge in [0.05, 0.1) is 28.0 Å². The highest BCUT2D eigenvalue weighted by Gasteiger charge is 2.11. The number of nitro benzene ring substituents is 1. The molecule has 0 radical (unpaired) electrons. The number of hydrogen-bond donors (Lipinski definition) is 1. The van der Waals surface area contributed by atoms with E-state index in [1.165, 1.54) is 18.3 Å². The van der Waals surface area contributed by atoms with Gasteiger partial charge in [0, 0.05) is 23.1 Å². The lowest BCUT2D eigenvalue weighted by Crippen LogP contribution is -1.92. The van der Waals surface area contributed by atoms with Crippen molar-refractivity contribution in [3.05, 3.63) is 58.4 Å². The number of non-ortho nitro benzene ring substituents is 1. The maximum absolute atomic E-state index is 10.8. The molecule has 0 fully saturated rings. The highest BCUT2D eigenvalue weighted by Crippen LogP contribution is 2.28. The van der Waals surface area contributed by atoms with Crippen LogP contribution >= 0.6 is 0 Å². The van der Waals surface area contributed by atoms with Crippen LogP contribution in [-0.4, -0.2) is 20.0 Å². The molecule has 0 amide bonds. The predicted octanol–water partition coefficient (Wildman–Crippen LogP) is 3.22. The van der Waals surface area contributed by atoms with Crippen LogP contribution in [0.15, 0.2) is 42.6 Å². The zero-order chi connectivity index (χ0) is 15.0. The Bertz CT molecular complexity index is 862. The number of benzene rings is 1. The number of nitrogens with zero attached hydrogens (tertiary/aromatic N) is 3.